The number of benzene rings is 1. The Morgan fingerprint density at radius 3 is 2.48 bits per heavy atom. The zero-order valence-electron chi connectivity index (χ0n) is 15.4. The van der Waals surface area contributed by atoms with Crippen molar-refractivity contribution in [3.8, 4) is 11.3 Å². The molecule has 1 aliphatic rings. The highest BCUT2D eigenvalue weighted by Crippen LogP contribution is 2.32. The van der Waals surface area contributed by atoms with Gasteiger partial charge in [0.05, 0.1) is 17.5 Å². The maximum Gasteiger partial charge on any atom is 0.416 e. The summed E-state index contributed by atoms with van der Waals surface area (Å²) in [5.41, 5.74) is 0.638. The summed E-state index contributed by atoms with van der Waals surface area (Å²) in [5.74, 6) is 0.455. The van der Waals surface area contributed by atoms with E-state index < -0.39 is 11.7 Å². The van der Waals surface area contributed by atoms with E-state index in [1.807, 2.05) is 4.90 Å². The number of nitrogens with zero attached hydrogens (tertiary/aromatic N) is 4. The fourth-order valence-electron chi connectivity index (χ4n) is 3.25. The minimum absolute atomic E-state index is 0.116. The van der Waals surface area contributed by atoms with E-state index in [0.717, 1.165) is 12.1 Å². The summed E-state index contributed by atoms with van der Waals surface area (Å²) in [6, 6.07) is 10.3. The van der Waals surface area contributed by atoms with Crippen molar-refractivity contribution in [2.45, 2.75) is 6.18 Å². The van der Waals surface area contributed by atoms with Crippen molar-refractivity contribution < 1.29 is 18.0 Å². The third-order valence-corrected chi connectivity index (χ3v) is 4.81. The fraction of sp³-hybridized carbons (Fsp3) is 0.250. The van der Waals surface area contributed by atoms with E-state index in [4.69, 9.17) is 0 Å². The Kier molecular flexibility index (Phi) is 4.96. The number of carbonyl (C=O) groups is 1. The number of imidazole rings is 1. The van der Waals surface area contributed by atoms with E-state index in [0.29, 0.717) is 49.1 Å². The van der Waals surface area contributed by atoms with Crippen molar-refractivity contribution in [1.29, 1.82) is 0 Å². The molecule has 1 amide bonds. The number of amides is 1. The van der Waals surface area contributed by atoms with Crippen LogP contribution in [0.1, 0.15) is 16.1 Å². The van der Waals surface area contributed by atoms with Gasteiger partial charge in [0.25, 0.3) is 5.91 Å². The van der Waals surface area contributed by atoms with Crippen LogP contribution in [0.15, 0.2) is 54.9 Å². The van der Waals surface area contributed by atoms with Gasteiger partial charge in [-0.25, -0.2) is 4.98 Å². The highest BCUT2D eigenvalue weighted by molar-refractivity contribution is 5.92. The molecule has 0 saturated carbocycles. The van der Waals surface area contributed by atoms with Gasteiger partial charge in [-0.05, 0) is 24.3 Å². The first kappa shape index (κ1) is 19.0. The molecule has 29 heavy (non-hydrogen) atoms. The number of alkyl halides is 3. The molecule has 9 heteroatoms. The van der Waals surface area contributed by atoms with E-state index in [9.17, 15) is 18.0 Å². The number of halogens is 3. The third kappa shape index (κ3) is 4.08. The molecule has 3 heterocycles. The second kappa shape index (κ2) is 7.57. The molecule has 1 fully saturated rings. The molecule has 0 atom stereocenters. The number of aromatic amines is 1. The van der Waals surface area contributed by atoms with E-state index in [1.165, 1.54) is 12.3 Å². The highest BCUT2D eigenvalue weighted by atomic mass is 19.4. The molecule has 1 aromatic carbocycles. The lowest BCUT2D eigenvalue weighted by Crippen LogP contribution is -2.49. The Morgan fingerprint density at radius 2 is 1.79 bits per heavy atom. The molecule has 0 bridgehead atoms. The van der Waals surface area contributed by atoms with Crippen LogP contribution >= 0.6 is 0 Å². The molecule has 2 aromatic heterocycles. The summed E-state index contributed by atoms with van der Waals surface area (Å²) in [7, 11) is 0. The van der Waals surface area contributed by atoms with Crippen molar-refractivity contribution in [2.75, 3.05) is 31.1 Å². The number of aromatic nitrogens is 3. The van der Waals surface area contributed by atoms with Crippen LogP contribution in [0.4, 0.5) is 19.1 Å². The number of hydrogen-bond acceptors (Lipinski definition) is 4. The quantitative estimate of drug-likeness (QED) is 0.730. The van der Waals surface area contributed by atoms with E-state index in [2.05, 4.69) is 15.0 Å². The number of anilines is 1. The smallest absolute Gasteiger partial charge is 0.339 e. The summed E-state index contributed by atoms with van der Waals surface area (Å²) in [6.07, 6.45) is -1.28. The van der Waals surface area contributed by atoms with Crippen molar-refractivity contribution >= 4 is 11.9 Å². The molecule has 4 rings (SSSR count). The molecule has 0 spiro atoms. The number of pyridine rings is 1. The lowest BCUT2D eigenvalue weighted by atomic mass is 10.1. The number of rotatable bonds is 3. The zero-order valence-corrected chi connectivity index (χ0v) is 15.4. The molecule has 1 N–H and O–H groups in total. The number of hydrogen-bond donors (Lipinski definition) is 1. The lowest BCUT2D eigenvalue weighted by molar-refractivity contribution is -0.137. The number of nitrogens with one attached hydrogen (secondary N) is 1. The molecular weight excluding hydrogens is 383 g/mol. The zero-order chi connectivity index (χ0) is 20.4. The van der Waals surface area contributed by atoms with Crippen LogP contribution in [0, 0.1) is 0 Å². The summed E-state index contributed by atoms with van der Waals surface area (Å²) < 4.78 is 38.8. The molecule has 150 valence electrons. The summed E-state index contributed by atoms with van der Waals surface area (Å²) >= 11 is 0. The van der Waals surface area contributed by atoms with Crippen molar-refractivity contribution in [3.05, 3.63) is 66.1 Å². The Hall–Kier alpha value is -3.36. The second-order valence-corrected chi connectivity index (χ2v) is 6.69. The molecule has 3 aromatic rings. The van der Waals surface area contributed by atoms with Crippen LogP contribution in [-0.2, 0) is 6.18 Å². The predicted octanol–water partition coefficient (Wildman–Crippen LogP) is 3.45. The van der Waals surface area contributed by atoms with Crippen LogP contribution < -0.4 is 4.90 Å². The summed E-state index contributed by atoms with van der Waals surface area (Å²) in [6.45, 7) is 2.15. The Labute approximate surface area is 165 Å². The predicted molar refractivity (Wildman–Crippen MR) is 101 cm³/mol. The number of piperazine rings is 1. The highest BCUT2D eigenvalue weighted by Gasteiger charge is 2.30. The van der Waals surface area contributed by atoms with Gasteiger partial charge in [-0.1, -0.05) is 18.2 Å². The van der Waals surface area contributed by atoms with Gasteiger partial charge < -0.3 is 14.8 Å². The van der Waals surface area contributed by atoms with Crippen LogP contribution in [0.5, 0.6) is 0 Å². The van der Waals surface area contributed by atoms with E-state index in [1.54, 1.807) is 35.4 Å². The fourth-order valence-corrected chi connectivity index (χ4v) is 3.25. The van der Waals surface area contributed by atoms with Gasteiger partial charge >= 0.3 is 6.18 Å². The van der Waals surface area contributed by atoms with Crippen LogP contribution in [0.25, 0.3) is 11.3 Å². The van der Waals surface area contributed by atoms with Gasteiger partial charge in [0.15, 0.2) is 0 Å². The molecule has 0 unspecified atom stereocenters. The van der Waals surface area contributed by atoms with Gasteiger partial charge in [0, 0.05) is 37.9 Å². The van der Waals surface area contributed by atoms with Gasteiger partial charge in [-0.3, -0.25) is 9.78 Å². The third-order valence-electron chi connectivity index (χ3n) is 4.81. The molecule has 1 aliphatic heterocycles. The first-order chi connectivity index (χ1) is 13.9. The van der Waals surface area contributed by atoms with Crippen LogP contribution in [0.2, 0.25) is 0 Å². The number of carbonyl (C=O) groups excluding carboxylic acids is 1. The van der Waals surface area contributed by atoms with Crippen LogP contribution in [-0.4, -0.2) is 51.9 Å². The lowest BCUT2D eigenvalue weighted by Gasteiger charge is -2.34. The van der Waals surface area contributed by atoms with Crippen LogP contribution in [0.3, 0.4) is 0 Å². The first-order valence-electron chi connectivity index (χ1n) is 9.10. The minimum atomic E-state index is -4.39. The largest absolute Gasteiger partial charge is 0.416 e. The molecule has 1 saturated heterocycles. The van der Waals surface area contributed by atoms with Gasteiger partial charge in [0.2, 0.25) is 5.95 Å². The Bertz CT molecular complexity index is 995. The summed E-state index contributed by atoms with van der Waals surface area (Å²) in [5, 5.41) is 0. The first-order valence-corrected chi connectivity index (χ1v) is 9.10. The molecule has 0 radical (unpaired) electrons. The number of H-pyrrole nitrogens is 1. The SMILES string of the molecule is O=C(c1ccccn1)N1CCN(c2ncc(-c3cccc(C(F)(F)F)c3)[nH]2)CC1. The van der Waals surface area contributed by atoms with Gasteiger partial charge in [0.1, 0.15) is 5.69 Å². The minimum Gasteiger partial charge on any atom is -0.339 e. The van der Waals surface area contributed by atoms with Crippen molar-refractivity contribution in [3.63, 3.8) is 0 Å². The second-order valence-electron chi connectivity index (χ2n) is 6.69. The Balaban J connectivity index is 1.43. The van der Waals surface area contributed by atoms with E-state index >= 15 is 0 Å². The maximum absolute atomic E-state index is 12.9. The van der Waals surface area contributed by atoms with Crippen molar-refractivity contribution in [2.24, 2.45) is 0 Å². The van der Waals surface area contributed by atoms with Gasteiger partial charge in [-0.15, -0.1) is 0 Å². The monoisotopic (exact) mass is 401 g/mol. The molecule has 6 nitrogen and oxygen atoms in total. The average Bonchev–Trinajstić information content (AvgIpc) is 3.24. The molecular formula is C20H18F3N5O. The van der Waals surface area contributed by atoms with Gasteiger partial charge in [-0.2, -0.15) is 13.2 Å². The van der Waals surface area contributed by atoms with E-state index in [-0.39, 0.29) is 5.91 Å². The standard InChI is InChI=1S/C20H18F3N5O/c21-20(22,23)15-5-3-4-14(12-15)17-13-25-19(26-17)28-10-8-27(9-11-28)18(29)16-6-1-2-7-24-16/h1-7,12-13H,8-11H2,(H,25,26). The van der Waals surface area contributed by atoms with Crippen molar-refractivity contribution in [1.82, 2.24) is 19.9 Å². The summed E-state index contributed by atoms with van der Waals surface area (Å²) in [4.78, 5) is 27.7. The maximum atomic E-state index is 12.9. The normalized spacial score (nSPS) is 14.9. The molecule has 0 aliphatic carbocycles. The average molecular weight is 401 g/mol. The Morgan fingerprint density at radius 1 is 1.00 bits per heavy atom. The topological polar surface area (TPSA) is 65.1 Å².